The minimum Gasteiger partial charge on any atom is -0.339 e. The first-order chi connectivity index (χ1) is 15.9. The van der Waals surface area contributed by atoms with Gasteiger partial charge in [0, 0.05) is 54.9 Å². The highest BCUT2D eigenvalue weighted by molar-refractivity contribution is 5.88. The fourth-order valence-corrected chi connectivity index (χ4v) is 4.12. The molecule has 7 heteroatoms. The molecule has 0 atom stereocenters. The molecule has 2 N–H and O–H groups in total. The molecule has 7 nitrogen and oxygen atoms in total. The quantitative estimate of drug-likeness (QED) is 0.581. The van der Waals surface area contributed by atoms with E-state index in [1.165, 1.54) is 0 Å². The van der Waals surface area contributed by atoms with Gasteiger partial charge in [-0.2, -0.15) is 5.26 Å². The topological polar surface area (TPSA) is 97.7 Å². The van der Waals surface area contributed by atoms with Crippen LogP contribution in [-0.4, -0.2) is 45.4 Å². The lowest BCUT2D eigenvalue weighted by atomic mass is 9.96. The molecule has 5 rings (SSSR count). The van der Waals surface area contributed by atoms with Crippen LogP contribution in [-0.2, 0) is 11.3 Å². The van der Waals surface area contributed by atoms with E-state index in [0.717, 1.165) is 52.1 Å². The highest BCUT2D eigenvalue weighted by Crippen LogP contribution is 2.33. The number of aromatic amines is 1. The van der Waals surface area contributed by atoms with Crippen LogP contribution in [0.2, 0.25) is 0 Å². The summed E-state index contributed by atoms with van der Waals surface area (Å²) >= 11 is 0. The zero-order valence-electron chi connectivity index (χ0n) is 19.1. The molecule has 3 aromatic rings. The van der Waals surface area contributed by atoms with E-state index in [0.29, 0.717) is 26.2 Å². The normalized spacial score (nSPS) is 16.2. The van der Waals surface area contributed by atoms with Crippen LogP contribution in [0.3, 0.4) is 0 Å². The van der Waals surface area contributed by atoms with Crippen LogP contribution >= 0.6 is 0 Å². The zero-order valence-corrected chi connectivity index (χ0v) is 19.1. The van der Waals surface area contributed by atoms with Crippen molar-refractivity contribution in [1.82, 2.24) is 25.2 Å². The number of fused-ring (bicyclic) bond motifs is 1. The number of aromatic nitrogens is 3. The van der Waals surface area contributed by atoms with E-state index >= 15 is 0 Å². The molecule has 0 bridgehead atoms. The molecule has 2 aliphatic rings. The first kappa shape index (κ1) is 21.4. The summed E-state index contributed by atoms with van der Waals surface area (Å²) in [6.07, 6.45) is 6.05. The second kappa shape index (κ2) is 8.45. The van der Waals surface area contributed by atoms with Crippen molar-refractivity contribution in [3.8, 4) is 17.3 Å². The van der Waals surface area contributed by atoms with Crippen LogP contribution in [0.5, 0.6) is 0 Å². The molecule has 0 spiro atoms. The molecule has 168 valence electrons. The van der Waals surface area contributed by atoms with Gasteiger partial charge in [0.05, 0.1) is 22.9 Å². The third-order valence-corrected chi connectivity index (χ3v) is 6.25. The predicted octanol–water partition coefficient (Wildman–Crippen LogP) is 3.90. The maximum Gasteiger partial charge on any atom is 0.226 e. The van der Waals surface area contributed by atoms with Crippen LogP contribution in [0, 0.1) is 22.7 Å². The van der Waals surface area contributed by atoms with Crippen molar-refractivity contribution in [2.24, 2.45) is 11.3 Å². The van der Waals surface area contributed by atoms with Gasteiger partial charge in [0.15, 0.2) is 0 Å². The van der Waals surface area contributed by atoms with Crippen molar-refractivity contribution in [2.45, 2.75) is 33.2 Å². The van der Waals surface area contributed by atoms with Gasteiger partial charge in [-0.1, -0.05) is 12.1 Å². The summed E-state index contributed by atoms with van der Waals surface area (Å²) in [5.74, 6) is 0.537. The van der Waals surface area contributed by atoms with Crippen molar-refractivity contribution in [2.75, 3.05) is 19.6 Å². The molecule has 33 heavy (non-hydrogen) atoms. The van der Waals surface area contributed by atoms with Crippen molar-refractivity contribution in [3.63, 3.8) is 0 Å². The summed E-state index contributed by atoms with van der Waals surface area (Å²) in [6.45, 7) is 6.39. The number of H-pyrrole nitrogens is 1. The van der Waals surface area contributed by atoms with Gasteiger partial charge in [0.1, 0.15) is 5.65 Å². The number of rotatable bonds is 7. The molecule has 0 aromatic carbocycles. The smallest absolute Gasteiger partial charge is 0.226 e. The number of carbonyl (C=O) groups excluding carboxylic acids is 1. The number of nitrogens with zero attached hydrogens (tertiary/aromatic N) is 4. The minimum absolute atomic E-state index is 0.251. The van der Waals surface area contributed by atoms with Crippen LogP contribution < -0.4 is 5.32 Å². The lowest BCUT2D eigenvalue weighted by molar-refractivity contribution is -0.131. The molecule has 1 saturated carbocycles. The highest BCUT2D eigenvalue weighted by atomic mass is 16.2. The summed E-state index contributed by atoms with van der Waals surface area (Å²) < 4.78 is 0. The van der Waals surface area contributed by atoms with Gasteiger partial charge in [0.25, 0.3) is 0 Å². The number of nitrogens with one attached hydrogen (secondary N) is 2. The maximum absolute atomic E-state index is 12.4. The highest BCUT2D eigenvalue weighted by Gasteiger charge is 2.34. The molecule has 1 fully saturated rings. The molecule has 0 radical (unpaired) electrons. The van der Waals surface area contributed by atoms with E-state index < -0.39 is 5.41 Å². The van der Waals surface area contributed by atoms with Crippen molar-refractivity contribution < 1.29 is 4.79 Å². The second-order valence-corrected chi connectivity index (χ2v) is 9.68. The Balaban J connectivity index is 1.30. The second-order valence-electron chi connectivity index (χ2n) is 9.68. The van der Waals surface area contributed by atoms with E-state index in [1.54, 1.807) is 0 Å². The van der Waals surface area contributed by atoms with Crippen molar-refractivity contribution in [1.29, 1.82) is 5.26 Å². The number of hydrogen-bond donors (Lipinski definition) is 2. The van der Waals surface area contributed by atoms with Crippen LogP contribution in [0.1, 0.15) is 38.1 Å². The zero-order chi connectivity index (χ0) is 23.0. The monoisotopic (exact) mass is 440 g/mol. The summed E-state index contributed by atoms with van der Waals surface area (Å²) in [6, 6.07) is 12.5. The SMILES string of the molecule is CC(C)(C#N)CNCc1cccc(-c2cnc3[nH]c(C4=CCN(C(=O)C5CC5)C4)cc3c2)n1. The Bertz CT molecular complexity index is 1280. The number of hydrogen-bond acceptors (Lipinski definition) is 5. The molecule has 1 aliphatic carbocycles. The summed E-state index contributed by atoms with van der Waals surface area (Å²) in [5, 5.41) is 13.5. The largest absolute Gasteiger partial charge is 0.339 e. The van der Waals surface area contributed by atoms with Gasteiger partial charge in [-0.05, 0) is 56.5 Å². The third-order valence-electron chi connectivity index (χ3n) is 6.25. The summed E-state index contributed by atoms with van der Waals surface area (Å²) in [7, 11) is 0. The lowest BCUT2D eigenvalue weighted by Gasteiger charge is -2.15. The first-order valence-corrected chi connectivity index (χ1v) is 11.5. The average molecular weight is 441 g/mol. The molecular formula is C26H28N6O. The van der Waals surface area contributed by atoms with Gasteiger partial charge in [-0.3, -0.25) is 9.78 Å². The van der Waals surface area contributed by atoms with Gasteiger partial charge in [0.2, 0.25) is 5.91 Å². The number of amides is 1. The number of nitriles is 1. The molecule has 3 aromatic heterocycles. The van der Waals surface area contributed by atoms with Crippen LogP contribution in [0.25, 0.3) is 27.9 Å². The number of carbonyl (C=O) groups is 1. The molecule has 0 unspecified atom stereocenters. The van der Waals surface area contributed by atoms with Crippen LogP contribution in [0.4, 0.5) is 0 Å². The average Bonchev–Trinajstić information content (AvgIpc) is 3.39. The van der Waals surface area contributed by atoms with E-state index in [4.69, 9.17) is 10.2 Å². The van der Waals surface area contributed by atoms with Crippen LogP contribution in [0.15, 0.2) is 42.6 Å². The first-order valence-electron chi connectivity index (χ1n) is 11.5. The van der Waals surface area contributed by atoms with Crippen molar-refractivity contribution in [3.05, 3.63) is 54.0 Å². The summed E-state index contributed by atoms with van der Waals surface area (Å²) in [4.78, 5) is 27.1. The molecular weight excluding hydrogens is 412 g/mol. The molecule has 4 heterocycles. The Hall–Kier alpha value is -3.50. The van der Waals surface area contributed by atoms with Gasteiger partial charge in [-0.15, -0.1) is 0 Å². The van der Waals surface area contributed by atoms with E-state index in [1.807, 2.05) is 43.1 Å². The number of pyridine rings is 2. The standard InChI is InChI=1S/C26H28N6O/c1-26(2,15-27)16-28-13-21-4-3-5-22(30-21)20-10-19-11-23(31-24(19)29-12-20)18-8-9-32(14-18)25(33)17-6-7-17/h3-5,8,10-12,17,28H,6-7,9,13-14,16H2,1-2H3,(H,29,31). The van der Waals surface area contributed by atoms with Gasteiger partial charge >= 0.3 is 0 Å². The lowest BCUT2D eigenvalue weighted by Crippen LogP contribution is -2.30. The van der Waals surface area contributed by atoms with E-state index in [9.17, 15) is 4.79 Å². The third kappa shape index (κ3) is 4.67. The molecule has 1 aliphatic heterocycles. The Morgan fingerprint density at radius 3 is 2.97 bits per heavy atom. The van der Waals surface area contributed by atoms with Gasteiger partial charge in [-0.25, -0.2) is 4.98 Å². The minimum atomic E-state index is -0.407. The Morgan fingerprint density at radius 1 is 1.33 bits per heavy atom. The molecule has 0 saturated heterocycles. The van der Waals surface area contributed by atoms with E-state index in [2.05, 4.69) is 39.6 Å². The maximum atomic E-state index is 12.4. The Morgan fingerprint density at radius 2 is 2.18 bits per heavy atom. The Kier molecular flexibility index (Phi) is 5.47. The Labute approximate surface area is 193 Å². The fraction of sp³-hybridized carbons (Fsp3) is 0.385. The molecule has 1 amide bonds. The van der Waals surface area contributed by atoms with Crippen molar-refractivity contribution >= 4 is 22.5 Å². The van der Waals surface area contributed by atoms with Gasteiger partial charge < -0.3 is 15.2 Å². The fourth-order valence-electron chi connectivity index (χ4n) is 4.12. The summed E-state index contributed by atoms with van der Waals surface area (Å²) in [5.41, 5.74) is 5.34. The van der Waals surface area contributed by atoms with E-state index in [-0.39, 0.29) is 11.8 Å². The predicted molar refractivity (Wildman–Crippen MR) is 128 cm³/mol.